The van der Waals surface area contributed by atoms with E-state index in [4.69, 9.17) is 0 Å². The Labute approximate surface area is 111 Å². The first-order valence-electron chi connectivity index (χ1n) is 6.78. The molecule has 1 saturated heterocycles. The molecule has 1 fully saturated rings. The van der Waals surface area contributed by atoms with Gasteiger partial charge in [0.2, 0.25) is 0 Å². The van der Waals surface area contributed by atoms with Crippen molar-refractivity contribution in [2.75, 3.05) is 0 Å². The Balaban J connectivity index is 2.05. The van der Waals surface area contributed by atoms with Gasteiger partial charge < -0.3 is 0 Å². The van der Waals surface area contributed by atoms with Gasteiger partial charge in [0.15, 0.2) is 0 Å². The molecule has 2 aromatic rings. The maximum atomic E-state index is 2.62. The van der Waals surface area contributed by atoms with Crippen LogP contribution >= 0.6 is 0 Å². The summed E-state index contributed by atoms with van der Waals surface area (Å²) in [5.41, 5.74) is 0. The molecule has 0 bridgehead atoms. The van der Waals surface area contributed by atoms with Crippen LogP contribution in [-0.4, -0.2) is 15.2 Å². The summed E-state index contributed by atoms with van der Waals surface area (Å²) in [5.74, 6) is 0. The minimum Gasteiger partial charge on any atom is -0.0669 e. The fraction of sp³-hybridized carbons (Fsp3) is 0.250. The summed E-state index contributed by atoms with van der Waals surface area (Å²) in [5, 5.41) is 3.35. The maximum absolute atomic E-state index is 2.62. The Kier molecular flexibility index (Phi) is 2.79. The highest BCUT2D eigenvalue weighted by Crippen LogP contribution is 2.39. The first kappa shape index (κ1) is 11.9. The van der Waals surface area contributed by atoms with Gasteiger partial charge in [-0.15, -0.1) is 0 Å². The minimum atomic E-state index is -1.23. The molecule has 0 aliphatic carbocycles. The van der Waals surface area contributed by atoms with Gasteiger partial charge in [-0.3, -0.25) is 0 Å². The molecule has 1 aliphatic heterocycles. The van der Waals surface area contributed by atoms with E-state index in [-0.39, 0.29) is 0 Å². The second-order valence-electron chi connectivity index (χ2n) is 5.90. The molecule has 0 amide bonds. The van der Waals surface area contributed by atoms with Crippen LogP contribution in [0.25, 0.3) is 0 Å². The average molecular weight is 269 g/mol. The second-order valence-corrected chi connectivity index (χ2v) is 20.0. The largest absolute Gasteiger partial charge is 0.0821 e. The van der Waals surface area contributed by atoms with E-state index >= 15 is 0 Å². The minimum absolute atomic E-state index is 1.23. The SMILES string of the molecule is C[Si]1(c2ccccc2)CC[Si]1(C)c1ccccc1. The Bertz CT molecular complexity index is 486. The third-order valence-corrected chi connectivity index (χ3v) is 24.4. The molecule has 2 atom stereocenters. The smallest absolute Gasteiger partial charge is 0.0669 e. The molecular weight excluding hydrogens is 248 g/mol. The molecule has 3 rings (SSSR count). The zero-order valence-corrected chi connectivity index (χ0v) is 13.2. The van der Waals surface area contributed by atoms with Gasteiger partial charge in [-0.25, -0.2) is 0 Å². The van der Waals surface area contributed by atoms with Crippen LogP contribution < -0.4 is 10.4 Å². The molecule has 0 radical (unpaired) electrons. The first-order valence-corrected chi connectivity index (χ1v) is 13.2. The van der Waals surface area contributed by atoms with Crippen LogP contribution in [0.2, 0.25) is 25.2 Å². The normalized spacial score (nSPS) is 30.8. The molecule has 0 spiro atoms. The van der Waals surface area contributed by atoms with Crippen LogP contribution in [0.4, 0.5) is 0 Å². The molecule has 2 heteroatoms. The fourth-order valence-electron chi connectivity index (χ4n) is 3.41. The van der Waals surface area contributed by atoms with E-state index in [2.05, 4.69) is 73.8 Å². The molecule has 2 aromatic carbocycles. The Morgan fingerprint density at radius 2 is 0.944 bits per heavy atom. The van der Waals surface area contributed by atoms with Crippen molar-refractivity contribution >= 4 is 25.6 Å². The van der Waals surface area contributed by atoms with Gasteiger partial charge in [0.25, 0.3) is 0 Å². The quantitative estimate of drug-likeness (QED) is 0.735. The molecule has 2 unspecified atom stereocenters. The van der Waals surface area contributed by atoms with Gasteiger partial charge in [0.1, 0.15) is 0 Å². The molecule has 18 heavy (non-hydrogen) atoms. The van der Waals surface area contributed by atoms with Crippen molar-refractivity contribution in [2.45, 2.75) is 25.2 Å². The lowest BCUT2D eigenvalue weighted by atomic mass is 10.4. The van der Waals surface area contributed by atoms with Crippen LogP contribution in [0.15, 0.2) is 60.7 Å². The second kappa shape index (κ2) is 4.21. The molecule has 1 heterocycles. The summed E-state index contributed by atoms with van der Waals surface area (Å²) in [6.07, 6.45) is 0. The predicted octanol–water partition coefficient (Wildman–Crippen LogP) is 3.05. The van der Waals surface area contributed by atoms with E-state index in [1.165, 1.54) is 12.1 Å². The zero-order chi connectivity index (χ0) is 12.6. The van der Waals surface area contributed by atoms with E-state index in [1.807, 2.05) is 0 Å². The van der Waals surface area contributed by atoms with Crippen molar-refractivity contribution in [3.63, 3.8) is 0 Å². The van der Waals surface area contributed by atoms with E-state index in [1.54, 1.807) is 10.4 Å². The number of rotatable bonds is 2. The molecule has 0 N–H and O–H groups in total. The predicted molar refractivity (Wildman–Crippen MR) is 85.0 cm³/mol. The summed E-state index contributed by atoms with van der Waals surface area (Å²) >= 11 is 0. The average Bonchev–Trinajstić information content (AvgIpc) is 2.46. The molecular formula is C16H20Si2. The van der Waals surface area contributed by atoms with Crippen LogP contribution in [-0.2, 0) is 0 Å². The van der Waals surface area contributed by atoms with Gasteiger partial charge in [-0.2, -0.15) is 0 Å². The van der Waals surface area contributed by atoms with E-state index in [0.29, 0.717) is 0 Å². The van der Waals surface area contributed by atoms with Gasteiger partial charge in [0.05, 0.1) is 15.2 Å². The van der Waals surface area contributed by atoms with Crippen molar-refractivity contribution in [1.82, 2.24) is 0 Å². The van der Waals surface area contributed by atoms with Gasteiger partial charge in [0, 0.05) is 0 Å². The molecule has 0 aromatic heterocycles. The lowest BCUT2D eigenvalue weighted by Gasteiger charge is -2.54. The number of hydrogen-bond acceptors (Lipinski definition) is 0. The van der Waals surface area contributed by atoms with E-state index in [0.717, 1.165) is 0 Å². The van der Waals surface area contributed by atoms with Gasteiger partial charge >= 0.3 is 0 Å². The van der Waals surface area contributed by atoms with E-state index in [9.17, 15) is 0 Å². The lowest BCUT2D eigenvalue weighted by Crippen LogP contribution is -2.79. The topological polar surface area (TPSA) is 0 Å². The molecule has 92 valence electrons. The molecule has 0 saturated carbocycles. The summed E-state index contributed by atoms with van der Waals surface area (Å²) in [7, 11) is -2.46. The first-order chi connectivity index (χ1) is 8.67. The van der Waals surface area contributed by atoms with Crippen molar-refractivity contribution in [2.24, 2.45) is 0 Å². The van der Waals surface area contributed by atoms with Crippen LogP contribution in [0, 0.1) is 0 Å². The maximum Gasteiger partial charge on any atom is 0.0821 e. The zero-order valence-electron chi connectivity index (χ0n) is 11.2. The summed E-state index contributed by atoms with van der Waals surface area (Å²) in [6.45, 7) is 5.23. The molecule has 0 nitrogen and oxygen atoms in total. The van der Waals surface area contributed by atoms with E-state index < -0.39 is 15.2 Å². The van der Waals surface area contributed by atoms with Crippen molar-refractivity contribution in [3.8, 4) is 0 Å². The summed E-state index contributed by atoms with van der Waals surface area (Å²) in [4.78, 5) is 0. The Morgan fingerprint density at radius 1 is 0.611 bits per heavy atom. The van der Waals surface area contributed by atoms with Gasteiger partial charge in [-0.1, -0.05) is 96.2 Å². The third-order valence-electron chi connectivity index (χ3n) is 5.16. The summed E-state index contributed by atoms with van der Waals surface area (Å²) < 4.78 is 0. The van der Waals surface area contributed by atoms with Crippen LogP contribution in [0.1, 0.15) is 0 Å². The summed E-state index contributed by atoms with van der Waals surface area (Å²) in [6, 6.07) is 25.6. The van der Waals surface area contributed by atoms with Crippen LogP contribution in [0.3, 0.4) is 0 Å². The van der Waals surface area contributed by atoms with Crippen molar-refractivity contribution < 1.29 is 0 Å². The third kappa shape index (κ3) is 1.56. The molecule has 1 aliphatic rings. The van der Waals surface area contributed by atoms with Crippen molar-refractivity contribution in [3.05, 3.63) is 60.7 Å². The lowest BCUT2D eigenvalue weighted by molar-refractivity contribution is 1.26. The van der Waals surface area contributed by atoms with Gasteiger partial charge in [-0.05, 0) is 0 Å². The Hall–Kier alpha value is -1.13. The highest BCUT2D eigenvalue weighted by atomic mass is 29.3. The monoisotopic (exact) mass is 268 g/mol. The highest BCUT2D eigenvalue weighted by molar-refractivity contribution is 7.54. The standard InChI is InChI=1S/C16H20Si2/c1-17(15-9-5-3-6-10-15)13-14-18(17,2)16-11-7-4-8-12-16/h3-12H,13-14H2,1-2H3. The Morgan fingerprint density at radius 3 is 1.22 bits per heavy atom. The highest BCUT2D eigenvalue weighted by Gasteiger charge is 2.57. The van der Waals surface area contributed by atoms with Crippen LogP contribution in [0.5, 0.6) is 0 Å². The van der Waals surface area contributed by atoms with Crippen molar-refractivity contribution in [1.29, 1.82) is 0 Å². The number of benzene rings is 2. The fourth-order valence-corrected chi connectivity index (χ4v) is 18.9. The number of hydrogen-bond donors (Lipinski definition) is 0.